The minimum atomic E-state index is 0.357. The zero-order valence-electron chi connectivity index (χ0n) is 6.66. The van der Waals surface area contributed by atoms with Gasteiger partial charge in [-0.3, -0.25) is 0 Å². The van der Waals surface area contributed by atoms with Crippen LogP contribution in [0.5, 0.6) is 0 Å². The number of hydrogen-bond acceptors (Lipinski definition) is 1. The van der Waals surface area contributed by atoms with E-state index < -0.39 is 0 Å². The standard InChI is InChI=1S/C10H14O/c1-7(11)4-10-6-8-2-3-9(10)5-8/h2-3,8-11H,1,4-6H2. The fraction of sp³-hybridized carbons (Fsp3) is 0.600. The van der Waals surface area contributed by atoms with E-state index in [0.717, 1.165) is 18.3 Å². The van der Waals surface area contributed by atoms with Crippen molar-refractivity contribution in [2.24, 2.45) is 17.8 Å². The molecule has 2 aliphatic carbocycles. The highest BCUT2D eigenvalue weighted by molar-refractivity contribution is 5.11. The number of rotatable bonds is 2. The van der Waals surface area contributed by atoms with E-state index in [0.29, 0.717) is 11.7 Å². The maximum absolute atomic E-state index is 9.02. The second kappa shape index (κ2) is 2.40. The third-order valence-corrected chi connectivity index (χ3v) is 2.91. The minimum Gasteiger partial charge on any atom is -0.513 e. The summed E-state index contributed by atoms with van der Waals surface area (Å²) < 4.78 is 0. The Morgan fingerprint density at radius 1 is 1.45 bits per heavy atom. The summed E-state index contributed by atoms with van der Waals surface area (Å²) in [5, 5.41) is 9.02. The van der Waals surface area contributed by atoms with Crippen molar-refractivity contribution in [2.45, 2.75) is 19.3 Å². The molecule has 0 saturated heterocycles. The molecule has 0 radical (unpaired) electrons. The van der Waals surface area contributed by atoms with Gasteiger partial charge in [0.05, 0.1) is 5.76 Å². The number of hydrogen-bond donors (Lipinski definition) is 1. The average molecular weight is 150 g/mol. The summed E-state index contributed by atoms with van der Waals surface area (Å²) in [6.07, 6.45) is 8.02. The second-order valence-corrected chi connectivity index (χ2v) is 3.81. The third kappa shape index (κ3) is 1.20. The van der Waals surface area contributed by atoms with Crippen molar-refractivity contribution < 1.29 is 5.11 Å². The highest BCUT2D eigenvalue weighted by Gasteiger charge is 2.35. The Hall–Kier alpha value is -0.720. The zero-order chi connectivity index (χ0) is 7.84. The van der Waals surface area contributed by atoms with Gasteiger partial charge >= 0.3 is 0 Å². The van der Waals surface area contributed by atoms with Crippen molar-refractivity contribution in [1.82, 2.24) is 0 Å². The molecule has 1 N–H and O–H groups in total. The molecule has 60 valence electrons. The van der Waals surface area contributed by atoms with Gasteiger partial charge in [0.15, 0.2) is 0 Å². The lowest BCUT2D eigenvalue weighted by molar-refractivity contribution is 0.330. The molecule has 0 aromatic carbocycles. The van der Waals surface area contributed by atoms with E-state index in [9.17, 15) is 0 Å². The van der Waals surface area contributed by atoms with Crippen LogP contribution in [0.25, 0.3) is 0 Å². The molecule has 0 heterocycles. The smallest absolute Gasteiger partial charge is 0.0854 e. The molecule has 2 bridgehead atoms. The first-order valence-electron chi connectivity index (χ1n) is 4.31. The van der Waals surface area contributed by atoms with Crippen molar-refractivity contribution in [2.75, 3.05) is 0 Å². The van der Waals surface area contributed by atoms with E-state index in [4.69, 9.17) is 5.11 Å². The van der Waals surface area contributed by atoms with Crippen LogP contribution in [0.3, 0.4) is 0 Å². The SMILES string of the molecule is C=C(O)CC1CC2C=CC1C2. The van der Waals surface area contributed by atoms with Crippen molar-refractivity contribution >= 4 is 0 Å². The second-order valence-electron chi connectivity index (χ2n) is 3.81. The molecule has 0 aliphatic heterocycles. The Morgan fingerprint density at radius 3 is 2.73 bits per heavy atom. The van der Waals surface area contributed by atoms with Gasteiger partial charge in [0.2, 0.25) is 0 Å². The van der Waals surface area contributed by atoms with Gasteiger partial charge in [-0.25, -0.2) is 0 Å². The van der Waals surface area contributed by atoms with Crippen molar-refractivity contribution in [1.29, 1.82) is 0 Å². The van der Waals surface area contributed by atoms with E-state index in [1.807, 2.05) is 0 Å². The van der Waals surface area contributed by atoms with E-state index in [2.05, 4.69) is 18.7 Å². The molecule has 0 spiro atoms. The van der Waals surface area contributed by atoms with Gasteiger partial charge < -0.3 is 5.11 Å². The first kappa shape index (κ1) is 6.96. The van der Waals surface area contributed by atoms with Crippen LogP contribution in [-0.4, -0.2) is 5.11 Å². The monoisotopic (exact) mass is 150 g/mol. The Kier molecular flexibility index (Phi) is 1.52. The van der Waals surface area contributed by atoms with E-state index in [1.165, 1.54) is 12.8 Å². The number of allylic oxidation sites excluding steroid dienone is 3. The van der Waals surface area contributed by atoms with E-state index in [1.54, 1.807) is 0 Å². The summed E-state index contributed by atoms with van der Waals surface area (Å²) in [6.45, 7) is 3.53. The summed E-state index contributed by atoms with van der Waals surface area (Å²) in [6, 6.07) is 0. The Balaban J connectivity index is 1.98. The first-order chi connectivity index (χ1) is 5.25. The fourth-order valence-corrected chi connectivity index (χ4v) is 2.43. The highest BCUT2D eigenvalue weighted by atomic mass is 16.3. The summed E-state index contributed by atoms with van der Waals surface area (Å²) >= 11 is 0. The number of fused-ring (bicyclic) bond motifs is 2. The van der Waals surface area contributed by atoms with Crippen LogP contribution < -0.4 is 0 Å². The predicted molar refractivity (Wildman–Crippen MR) is 45.2 cm³/mol. The lowest BCUT2D eigenvalue weighted by atomic mass is 9.90. The number of aliphatic hydroxyl groups is 1. The largest absolute Gasteiger partial charge is 0.513 e. The van der Waals surface area contributed by atoms with Crippen LogP contribution in [0.1, 0.15) is 19.3 Å². The molecule has 0 aromatic heterocycles. The van der Waals surface area contributed by atoms with Gasteiger partial charge in [0.1, 0.15) is 0 Å². The van der Waals surface area contributed by atoms with Crippen molar-refractivity contribution in [3.63, 3.8) is 0 Å². The van der Waals surface area contributed by atoms with Gasteiger partial charge in [-0.1, -0.05) is 18.7 Å². The molecular formula is C10H14O. The van der Waals surface area contributed by atoms with Crippen molar-refractivity contribution in [3.05, 3.63) is 24.5 Å². The van der Waals surface area contributed by atoms with Crippen LogP contribution in [0, 0.1) is 17.8 Å². The minimum absolute atomic E-state index is 0.357. The lowest BCUT2D eigenvalue weighted by Crippen LogP contribution is -2.07. The molecule has 1 nitrogen and oxygen atoms in total. The van der Waals surface area contributed by atoms with Gasteiger partial charge in [-0.15, -0.1) is 0 Å². The maximum atomic E-state index is 9.02. The molecule has 2 aliphatic rings. The summed E-state index contributed by atoms with van der Waals surface area (Å²) in [4.78, 5) is 0. The van der Waals surface area contributed by atoms with Crippen LogP contribution in [0.2, 0.25) is 0 Å². The quantitative estimate of drug-likeness (QED) is 0.474. The molecule has 2 rings (SSSR count). The Labute approximate surface area is 67.4 Å². The first-order valence-corrected chi connectivity index (χ1v) is 4.31. The van der Waals surface area contributed by atoms with Crippen molar-refractivity contribution in [3.8, 4) is 0 Å². The molecule has 3 atom stereocenters. The molecule has 0 amide bonds. The average Bonchev–Trinajstić information content (AvgIpc) is 2.45. The molecule has 3 unspecified atom stereocenters. The van der Waals surface area contributed by atoms with Crippen LogP contribution in [-0.2, 0) is 0 Å². The van der Waals surface area contributed by atoms with Gasteiger partial charge in [-0.05, 0) is 30.6 Å². The van der Waals surface area contributed by atoms with E-state index in [-0.39, 0.29) is 0 Å². The van der Waals surface area contributed by atoms with Gasteiger partial charge in [0.25, 0.3) is 0 Å². The van der Waals surface area contributed by atoms with Crippen LogP contribution in [0.4, 0.5) is 0 Å². The van der Waals surface area contributed by atoms with Crippen LogP contribution >= 0.6 is 0 Å². The molecule has 0 aromatic rings. The van der Waals surface area contributed by atoms with E-state index >= 15 is 0 Å². The molecule has 11 heavy (non-hydrogen) atoms. The topological polar surface area (TPSA) is 20.2 Å². The number of aliphatic hydroxyl groups excluding tert-OH is 1. The Morgan fingerprint density at radius 2 is 2.27 bits per heavy atom. The zero-order valence-corrected chi connectivity index (χ0v) is 6.66. The summed E-state index contributed by atoms with van der Waals surface area (Å²) in [5.74, 6) is 2.59. The third-order valence-electron chi connectivity index (χ3n) is 2.91. The molecular weight excluding hydrogens is 136 g/mol. The normalized spacial score (nSPS) is 39.8. The molecule has 1 fully saturated rings. The lowest BCUT2D eigenvalue weighted by Gasteiger charge is -2.16. The van der Waals surface area contributed by atoms with Gasteiger partial charge in [0, 0.05) is 6.42 Å². The predicted octanol–water partition coefficient (Wildman–Crippen LogP) is 2.66. The van der Waals surface area contributed by atoms with Crippen LogP contribution in [0.15, 0.2) is 24.5 Å². The van der Waals surface area contributed by atoms with Gasteiger partial charge in [-0.2, -0.15) is 0 Å². The fourth-order valence-electron chi connectivity index (χ4n) is 2.43. The Bertz CT molecular complexity index is 205. The highest BCUT2D eigenvalue weighted by Crippen LogP contribution is 2.45. The molecule has 1 saturated carbocycles. The molecule has 1 heteroatoms. The summed E-state index contributed by atoms with van der Waals surface area (Å²) in [5.41, 5.74) is 0. The summed E-state index contributed by atoms with van der Waals surface area (Å²) in [7, 11) is 0. The maximum Gasteiger partial charge on any atom is 0.0854 e.